The van der Waals surface area contributed by atoms with Gasteiger partial charge in [-0.15, -0.1) is 11.3 Å². The van der Waals surface area contributed by atoms with Gasteiger partial charge in [0.15, 0.2) is 5.13 Å². The second kappa shape index (κ2) is 4.63. The van der Waals surface area contributed by atoms with Gasteiger partial charge in [-0.1, -0.05) is 22.0 Å². The Morgan fingerprint density at radius 3 is 3.06 bits per heavy atom. The van der Waals surface area contributed by atoms with Crippen LogP contribution < -0.4 is 5.73 Å². The fourth-order valence-corrected chi connectivity index (χ4v) is 3.89. The number of thiazole rings is 1. The molecule has 0 amide bonds. The maximum Gasteiger partial charge on any atom is 0.180 e. The molecule has 1 aromatic carbocycles. The summed E-state index contributed by atoms with van der Waals surface area (Å²) in [5.41, 5.74) is 7.57. The van der Waals surface area contributed by atoms with Crippen molar-refractivity contribution in [2.24, 2.45) is 0 Å². The van der Waals surface area contributed by atoms with Crippen LogP contribution in [0, 0.1) is 5.82 Å². The number of fused-ring (bicyclic) bond motifs is 1. The van der Waals surface area contributed by atoms with Crippen LogP contribution in [0.5, 0.6) is 0 Å². The van der Waals surface area contributed by atoms with Crippen molar-refractivity contribution in [3.63, 3.8) is 0 Å². The lowest BCUT2D eigenvalue weighted by atomic mass is 9.86. The van der Waals surface area contributed by atoms with E-state index in [2.05, 4.69) is 20.9 Å². The molecule has 2 aromatic rings. The zero-order chi connectivity index (χ0) is 12.7. The highest BCUT2D eigenvalue weighted by atomic mass is 79.9. The van der Waals surface area contributed by atoms with E-state index in [1.165, 1.54) is 17.4 Å². The summed E-state index contributed by atoms with van der Waals surface area (Å²) < 4.78 is 14.8. The lowest BCUT2D eigenvalue weighted by molar-refractivity contribution is 0.560. The molecule has 1 aliphatic rings. The Labute approximate surface area is 117 Å². The van der Waals surface area contributed by atoms with Gasteiger partial charge < -0.3 is 5.73 Å². The molecule has 1 unspecified atom stereocenters. The number of aromatic nitrogens is 1. The monoisotopic (exact) mass is 326 g/mol. The van der Waals surface area contributed by atoms with Crippen LogP contribution in [-0.4, -0.2) is 4.98 Å². The molecule has 1 aromatic heterocycles. The van der Waals surface area contributed by atoms with Gasteiger partial charge in [0.05, 0.1) is 5.69 Å². The van der Waals surface area contributed by atoms with Gasteiger partial charge in [-0.05, 0) is 37.0 Å². The Kier molecular flexibility index (Phi) is 3.11. The second-order valence-corrected chi connectivity index (χ2v) is 6.45. The Balaban J connectivity index is 2.07. The first-order valence-electron chi connectivity index (χ1n) is 5.85. The molecule has 3 rings (SSSR count). The molecule has 94 valence electrons. The average Bonchev–Trinajstić information content (AvgIpc) is 2.69. The zero-order valence-electron chi connectivity index (χ0n) is 9.62. The van der Waals surface area contributed by atoms with Crippen LogP contribution in [0.15, 0.2) is 22.7 Å². The van der Waals surface area contributed by atoms with Crippen LogP contribution in [-0.2, 0) is 6.42 Å². The van der Waals surface area contributed by atoms with Gasteiger partial charge in [0.25, 0.3) is 0 Å². The van der Waals surface area contributed by atoms with Crippen molar-refractivity contribution in [2.75, 3.05) is 5.73 Å². The van der Waals surface area contributed by atoms with Crippen LogP contribution >= 0.6 is 27.3 Å². The molecule has 1 atom stereocenters. The molecule has 0 radical (unpaired) electrons. The largest absolute Gasteiger partial charge is 0.375 e. The number of anilines is 1. The molecule has 0 bridgehead atoms. The number of halogens is 2. The lowest BCUT2D eigenvalue weighted by Crippen LogP contribution is -2.10. The van der Waals surface area contributed by atoms with E-state index in [0.29, 0.717) is 5.13 Å². The number of aryl methyl sites for hydroxylation is 1. The molecule has 5 heteroatoms. The van der Waals surface area contributed by atoms with Gasteiger partial charge in [0, 0.05) is 15.3 Å². The highest BCUT2D eigenvalue weighted by Gasteiger charge is 2.27. The maximum atomic E-state index is 14.1. The summed E-state index contributed by atoms with van der Waals surface area (Å²) in [5, 5.41) is 0.587. The number of hydrogen-bond acceptors (Lipinski definition) is 3. The maximum absolute atomic E-state index is 14.1. The van der Waals surface area contributed by atoms with Crippen LogP contribution in [0.4, 0.5) is 9.52 Å². The summed E-state index contributed by atoms with van der Waals surface area (Å²) >= 11 is 4.78. The standard InChI is InChI=1S/C13H12BrFN2S/c14-7-4-5-8(10(15)6-7)9-2-1-3-11-12(9)18-13(16)17-11/h4-6,9H,1-3H2,(H2,16,17). The number of nitrogens with two attached hydrogens (primary N) is 1. The van der Waals surface area contributed by atoms with Crippen LogP contribution in [0.25, 0.3) is 0 Å². The lowest BCUT2D eigenvalue weighted by Gasteiger charge is -2.22. The molecule has 1 heterocycles. The number of nitrogens with zero attached hydrogens (tertiary/aromatic N) is 1. The highest BCUT2D eigenvalue weighted by molar-refractivity contribution is 9.10. The third-order valence-electron chi connectivity index (χ3n) is 3.30. The van der Waals surface area contributed by atoms with Crippen molar-refractivity contribution in [2.45, 2.75) is 25.2 Å². The van der Waals surface area contributed by atoms with E-state index in [1.807, 2.05) is 12.1 Å². The van der Waals surface area contributed by atoms with Crippen molar-refractivity contribution >= 4 is 32.4 Å². The van der Waals surface area contributed by atoms with Crippen molar-refractivity contribution in [1.29, 1.82) is 0 Å². The van der Waals surface area contributed by atoms with Crippen molar-refractivity contribution < 1.29 is 4.39 Å². The van der Waals surface area contributed by atoms with Crippen molar-refractivity contribution in [1.82, 2.24) is 4.98 Å². The van der Waals surface area contributed by atoms with E-state index in [-0.39, 0.29) is 11.7 Å². The van der Waals surface area contributed by atoms with Crippen LogP contribution in [0.3, 0.4) is 0 Å². The quantitative estimate of drug-likeness (QED) is 0.857. The van der Waals surface area contributed by atoms with Crippen LogP contribution in [0.2, 0.25) is 0 Å². The van der Waals surface area contributed by atoms with Crippen molar-refractivity contribution in [3.8, 4) is 0 Å². The summed E-state index contributed by atoms with van der Waals surface area (Å²) in [7, 11) is 0. The van der Waals surface area contributed by atoms with Gasteiger partial charge in [-0.25, -0.2) is 9.37 Å². The number of benzene rings is 1. The Bertz CT molecular complexity index is 597. The van der Waals surface area contributed by atoms with Gasteiger partial charge in [0.1, 0.15) is 5.82 Å². The molecule has 0 saturated carbocycles. The molecule has 18 heavy (non-hydrogen) atoms. The minimum atomic E-state index is -0.158. The molecular weight excluding hydrogens is 315 g/mol. The predicted molar refractivity (Wildman–Crippen MR) is 75.4 cm³/mol. The summed E-state index contributed by atoms with van der Waals surface area (Å²) in [5.74, 6) is -0.0501. The molecule has 0 aliphatic heterocycles. The van der Waals surface area contributed by atoms with E-state index in [0.717, 1.165) is 39.9 Å². The zero-order valence-corrected chi connectivity index (χ0v) is 12.0. The summed E-state index contributed by atoms with van der Waals surface area (Å²) in [6.45, 7) is 0. The first-order valence-corrected chi connectivity index (χ1v) is 7.46. The number of nitrogen functional groups attached to an aromatic ring is 1. The van der Waals surface area contributed by atoms with E-state index >= 15 is 0 Å². The van der Waals surface area contributed by atoms with Gasteiger partial charge in [-0.3, -0.25) is 0 Å². The van der Waals surface area contributed by atoms with E-state index < -0.39 is 0 Å². The summed E-state index contributed by atoms with van der Waals surface area (Å²) in [4.78, 5) is 5.48. The van der Waals surface area contributed by atoms with Gasteiger partial charge >= 0.3 is 0 Å². The topological polar surface area (TPSA) is 38.9 Å². The SMILES string of the molecule is Nc1nc2c(s1)C(c1ccc(Br)cc1F)CCC2. The fourth-order valence-electron chi connectivity index (χ4n) is 2.52. The predicted octanol–water partition coefficient (Wildman–Crippen LogP) is 4.10. The first kappa shape index (κ1) is 12.1. The van der Waals surface area contributed by atoms with Crippen molar-refractivity contribution in [3.05, 3.63) is 44.6 Å². The molecule has 0 saturated heterocycles. The Morgan fingerprint density at radius 1 is 1.44 bits per heavy atom. The smallest absolute Gasteiger partial charge is 0.180 e. The molecule has 1 aliphatic carbocycles. The molecular formula is C13H12BrFN2S. The van der Waals surface area contributed by atoms with Crippen LogP contribution in [0.1, 0.15) is 34.9 Å². The Morgan fingerprint density at radius 2 is 2.28 bits per heavy atom. The van der Waals surface area contributed by atoms with E-state index in [1.54, 1.807) is 0 Å². The van der Waals surface area contributed by atoms with Gasteiger partial charge in [-0.2, -0.15) is 0 Å². The molecule has 2 nitrogen and oxygen atoms in total. The fraction of sp³-hybridized carbons (Fsp3) is 0.308. The third kappa shape index (κ3) is 2.06. The molecule has 2 N–H and O–H groups in total. The minimum Gasteiger partial charge on any atom is -0.375 e. The van der Waals surface area contributed by atoms with E-state index in [9.17, 15) is 4.39 Å². The number of rotatable bonds is 1. The molecule has 0 spiro atoms. The second-order valence-electron chi connectivity index (χ2n) is 4.47. The highest BCUT2D eigenvalue weighted by Crippen LogP contribution is 2.41. The average molecular weight is 327 g/mol. The molecule has 0 fully saturated rings. The third-order valence-corrected chi connectivity index (χ3v) is 4.84. The number of hydrogen-bond donors (Lipinski definition) is 1. The summed E-state index contributed by atoms with van der Waals surface area (Å²) in [6, 6.07) is 5.26. The normalized spacial score (nSPS) is 18.7. The van der Waals surface area contributed by atoms with E-state index in [4.69, 9.17) is 5.73 Å². The minimum absolute atomic E-state index is 0.108. The van der Waals surface area contributed by atoms with Gasteiger partial charge in [0.2, 0.25) is 0 Å². The summed E-state index contributed by atoms with van der Waals surface area (Å²) in [6.07, 6.45) is 2.96. The first-order chi connectivity index (χ1) is 8.65. The Hall–Kier alpha value is -0.940.